The molecule has 7 nitrogen and oxygen atoms in total. The zero-order valence-electron chi connectivity index (χ0n) is 14.1. The maximum atomic E-state index is 13.2. The fraction of sp³-hybridized carbons (Fsp3) is 0.353. The molecule has 0 unspecified atom stereocenters. The molecule has 8 heteroatoms. The second kappa shape index (κ2) is 6.92. The molecule has 0 spiro atoms. The second-order valence-electron chi connectivity index (χ2n) is 6.01. The highest BCUT2D eigenvalue weighted by Crippen LogP contribution is 2.23. The summed E-state index contributed by atoms with van der Waals surface area (Å²) in [5.41, 5.74) is 3.21. The van der Waals surface area contributed by atoms with Gasteiger partial charge in [0.2, 0.25) is 5.91 Å². The van der Waals surface area contributed by atoms with E-state index in [-0.39, 0.29) is 17.8 Å². The molecule has 0 aliphatic carbocycles. The Balaban J connectivity index is 1.76. The number of amides is 3. The molecule has 1 aromatic heterocycles. The average molecular weight is 345 g/mol. The van der Waals surface area contributed by atoms with Crippen LogP contribution in [0, 0.1) is 19.7 Å². The van der Waals surface area contributed by atoms with Crippen LogP contribution in [0.1, 0.15) is 28.6 Å². The molecule has 3 rings (SSSR count). The predicted molar refractivity (Wildman–Crippen MR) is 89.2 cm³/mol. The summed E-state index contributed by atoms with van der Waals surface area (Å²) in [7, 11) is 0. The van der Waals surface area contributed by atoms with Gasteiger partial charge >= 0.3 is 6.03 Å². The van der Waals surface area contributed by atoms with E-state index in [4.69, 9.17) is 0 Å². The van der Waals surface area contributed by atoms with Gasteiger partial charge in [0.15, 0.2) is 0 Å². The number of aryl methyl sites for hydroxylation is 2. The first-order valence-corrected chi connectivity index (χ1v) is 8.05. The number of carbonyl (C=O) groups is 2. The van der Waals surface area contributed by atoms with E-state index in [1.165, 1.54) is 29.2 Å². The SMILES string of the molecule is Cc1n[nH]c(C)c1CNC(=O)N1CCNC(=O)[C@H]1c1ccc(F)cc1. The first-order chi connectivity index (χ1) is 12.0. The van der Waals surface area contributed by atoms with E-state index in [0.717, 1.165) is 17.0 Å². The van der Waals surface area contributed by atoms with E-state index >= 15 is 0 Å². The highest BCUT2D eigenvalue weighted by Gasteiger charge is 2.34. The molecule has 1 aliphatic rings. The van der Waals surface area contributed by atoms with Crippen molar-refractivity contribution in [3.05, 3.63) is 52.6 Å². The van der Waals surface area contributed by atoms with Crippen molar-refractivity contribution in [2.45, 2.75) is 26.4 Å². The van der Waals surface area contributed by atoms with Crippen molar-refractivity contribution in [2.24, 2.45) is 0 Å². The highest BCUT2D eigenvalue weighted by molar-refractivity contribution is 5.89. The van der Waals surface area contributed by atoms with Crippen LogP contribution in [0.3, 0.4) is 0 Å². The third-order valence-electron chi connectivity index (χ3n) is 4.36. The van der Waals surface area contributed by atoms with Crippen molar-refractivity contribution >= 4 is 11.9 Å². The molecule has 1 fully saturated rings. The molecule has 0 bridgehead atoms. The number of rotatable bonds is 3. The Hall–Kier alpha value is -2.90. The van der Waals surface area contributed by atoms with Gasteiger partial charge in [0.1, 0.15) is 11.9 Å². The van der Waals surface area contributed by atoms with Gasteiger partial charge in [-0.1, -0.05) is 12.1 Å². The van der Waals surface area contributed by atoms with Crippen LogP contribution in [0.15, 0.2) is 24.3 Å². The monoisotopic (exact) mass is 345 g/mol. The van der Waals surface area contributed by atoms with Crippen LogP contribution in [0.2, 0.25) is 0 Å². The second-order valence-corrected chi connectivity index (χ2v) is 6.01. The molecule has 3 N–H and O–H groups in total. The minimum Gasteiger partial charge on any atom is -0.352 e. The van der Waals surface area contributed by atoms with Gasteiger partial charge in [-0.2, -0.15) is 5.10 Å². The van der Waals surface area contributed by atoms with Gasteiger partial charge in [0, 0.05) is 30.9 Å². The highest BCUT2D eigenvalue weighted by atomic mass is 19.1. The number of urea groups is 1. The zero-order chi connectivity index (χ0) is 18.0. The number of benzene rings is 1. The maximum Gasteiger partial charge on any atom is 0.318 e. The Kier molecular flexibility index (Phi) is 4.69. The summed E-state index contributed by atoms with van der Waals surface area (Å²) in [6, 6.07) is 4.49. The van der Waals surface area contributed by atoms with Crippen molar-refractivity contribution < 1.29 is 14.0 Å². The Labute approximate surface area is 144 Å². The van der Waals surface area contributed by atoms with E-state index in [9.17, 15) is 14.0 Å². The fourth-order valence-electron chi connectivity index (χ4n) is 2.96. The Bertz CT molecular complexity index is 767. The molecule has 2 aromatic rings. The molecule has 2 heterocycles. The number of H-pyrrole nitrogens is 1. The molecule has 3 amide bonds. The van der Waals surface area contributed by atoms with E-state index in [0.29, 0.717) is 25.2 Å². The Morgan fingerprint density at radius 3 is 2.72 bits per heavy atom. The van der Waals surface area contributed by atoms with E-state index < -0.39 is 6.04 Å². The minimum absolute atomic E-state index is 0.274. The number of halogens is 1. The van der Waals surface area contributed by atoms with Crippen LogP contribution in [0.4, 0.5) is 9.18 Å². The zero-order valence-corrected chi connectivity index (χ0v) is 14.1. The average Bonchev–Trinajstić information content (AvgIpc) is 2.92. The third kappa shape index (κ3) is 3.47. The number of carbonyl (C=O) groups excluding carboxylic acids is 2. The van der Waals surface area contributed by atoms with Crippen LogP contribution in [0.25, 0.3) is 0 Å². The van der Waals surface area contributed by atoms with Crippen LogP contribution >= 0.6 is 0 Å². The summed E-state index contributed by atoms with van der Waals surface area (Å²) >= 11 is 0. The lowest BCUT2D eigenvalue weighted by Gasteiger charge is -2.35. The minimum atomic E-state index is -0.777. The molecule has 0 radical (unpaired) electrons. The number of aromatic amines is 1. The molecule has 132 valence electrons. The lowest BCUT2D eigenvalue weighted by molar-refractivity contribution is -0.127. The summed E-state index contributed by atoms with van der Waals surface area (Å²) in [6.45, 7) is 4.83. The molecule has 25 heavy (non-hydrogen) atoms. The molecule has 0 saturated carbocycles. The molecule has 1 aliphatic heterocycles. The van der Waals surface area contributed by atoms with E-state index in [1.807, 2.05) is 13.8 Å². The standard InChI is InChI=1S/C17H20FN5O2/c1-10-14(11(2)22-21-10)9-20-17(25)23-8-7-19-16(24)15(23)12-3-5-13(18)6-4-12/h3-6,15H,7-9H2,1-2H3,(H,19,24)(H,20,25)(H,21,22)/t15-/m1/s1. The first-order valence-electron chi connectivity index (χ1n) is 8.05. The van der Waals surface area contributed by atoms with Gasteiger partial charge in [0.05, 0.1) is 5.69 Å². The molecule has 1 aromatic carbocycles. The van der Waals surface area contributed by atoms with Gasteiger partial charge in [-0.15, -0.1) is 0 Å². The van der Waals surface area contributed by atoms with Crippen LogP contribution in [0.5, 0.6) is 0 Å². The fourth-order valence-corrected chi connectivity index (χ4v) is 2.96. The number of nitrogens with zero attached hydrogens (tertiary/aromatic N) is 2. The van der Waals surface area contributed by atoms with Gasteiger partial charge in [-0.05, 0) is 31.5 Å². The lowest BCUT2D eigenvalue weighted by Crippen LogP contribution is -2.54. The van der Waals surface area contributed by atoms with Crippen molar-refractivity contribution in [1.29, 1.82) is 0 Å². The van der Waals surface area contributed by atoms with Crippen LogP contribution in [-0.4, -0.2) is 40.1 Å². The summed E-state index contributed by atoms with van der Waals surface area (Å²) in [4.78, 5) is 26.4. The number of piperazine rings is 1. The maximum absolute atomic E-state index is 13.2. The molecule has 1 saturated heterocycles. The predicted octanol–water partition coefficient (Wildman–Crippen LogP) is 1.55. The quantitative estimate of drug-likeness (QED) is 0.788. The molecule has 1 atom stereocenters. The van der Waals surface area contributed by atoms with Gasteiger partial charge < -0.3 is 15.5 Å². The third-order valence-corrected chi connectivity index (χ3v) is 4.36. The number of hydrogen-bond acceptors (Lipinski definition) is 3. The lowest BCUT2D eigenvalue weighted by atomic mass is 10.0. The Morgan fingerprint density at radius 1 is 1.36 bits per heavy atom. The summed E-state index contributed by atoms with van der Waals surface area (Å²) in [6.07, 6.45) is 0. The number of aromatic nitrogens is 2. The summed E-state index contributed by atoms with van der Waals surface area (Å²) in [5.74, 6) is -0.662. The van der Waals surface area contributed by atoms with Crippen LogP contribution < -0.4 is 10.6 Å². The Morgan fingerprint density at radius 2 is 2.08 bits per heavy atom. The first kappa shape index (κ1) is 16.9. The number of nitrogens with one attached hydrogen (secondary N) is 3. The van der Waals surface area contributed by atoms with Gasteiger partial charge in [0.25, 0.3) is 0 Å². The van der Waals surface area contributed by atoms with Crippen molar-refractivity contribution in [2.75, 3.05) is 13.1 Å². The summed E-state index contributed by atoms with van der Waals surface area (Å²) < 4.78 is 13.2. The van der Waals surface area contributed by atoms with Crippen molar-refractivity contribution in [1.82, 2.24) is 25.7 Å². The largest absolute Gasteiger partial charge is 0.352 e. The van der Waals surface area contributed by atoms with Gasteiger partial charge in [-0.3, -0.25) is 9.89 Å². The van der Waals surface area contributed by atoms with E-state index in [1.54, 1.807) is 0 Å². The van der Waals surface area contributed by atoms with Crippen molar-refractivity contribution in [3.63, 3.8) is 0 Å². The van der Waals surface area contributed by atoms with Gasteiger partial charge in [-0.25, -0.2) is 9.18 Å². The topological polar surface area (TPSA) is 90.1 Å². The van der Waals surface area contributed by atoms with Crippen LogP contribution in [-0.2, 0) is 11.3 Å². The van der Waals surface area contributed by atoms with E-state index in [2.05, 4.69) is 20.8 Å². The smallest absolute Gasteiger partial charge is 0.318 e. The molecular formula is C17H20FN5O2. The molecular weight excluding hydrogens is 325 g/mol. The number of hydrogen-bond donors (Lipinski definition) is 3. The normalized spacial score (nSPS) is 17.3. The summed E-state index contributed by atoms with van der Waals surface area (Å²) in [5, 5.41) is 12.6. The van der Waals surface area contributed by atoms with Crippen molar-refractivity contribution in [3.8, 4) is 0 Å².